The average molecular weight is 389 g/mol. The molecule has 0 unspecified atom stereocenters. The van der Waals surface area contributed by atoms with Crippen molar-refractivity contribution in [3.8, 4) is 5.75 Å². The van der Waals surface area contributed by atoms with Crippen molar-refractivity contribution in [1.29, 1.82) is 0 Å². The van der Waals surface area contributed by atoms with Crippen LogP contribution in [-0.2, 0) is 0 Å². The van der Waals surface area contributed by atoms with E-state index in [1.54, 1.807) is 11.0 Å². The molecule has 1 amide bonds. The fraction of sp³-hybridized carbons (Fsp3) is 0.235. The Morgan fingerprint density at radius 3 is 2.37 bits per heavy atom. The van der Waals surface area contributed by atoms with E-state index in [2.05, 4.69) is 0 Å². The highest BCUT2D eigenvalue weighted by Crippen LogP contribution is 2.42. The molecule has 1 atom stereocenters. The van der Waals surface area contributed by atoms with Gasteiger partial charge in [0.05, 0.1) is 28.6 Å². The first-order valence-corrected chi connectivity index (χ1v) is 8.96. The maximum atomic E-state index is 13.0. The van der Waals surface area contributed by atoms with Crippen LogP contribution >= 0.6 is 11.8 Å². The van der Waals surface area contributed by atoms with Crippen molar-refractivity contribution in [2.24, 2.45) is 0 Å². The number of amides is 1. The summed E-state index contributed by atoms with van der Waals surface area (Å²) in [7, 11) is 1.54. The summed E-state index contributed by atoms with van der Waals surface area (Å²) in [6, 6.07) is 10.3. The molecule has 1 saturated heterocycles. The van der Waals surface area contributed by atoms with Crippen molar-refractivity contribution in [2.75, 3.05) is 19.4 Å². The average Bonchev–Trinajstić information content (AvgIpc) is 3.16. The Morgan fingerprint density at radius 2 is 1.78 bits per heavy atom. The van der Waals surface area contributed by atoms with Crippen LogP contribution in [0.15, 0.2) is 42.5 Å². The molecule has 140 valence electrons. The fourth-order valence-corrected chi connectivity index (χ4v) is 4.18. The zero-order valence-electron chi connectivity index (χ0n) is 14.2. The molecular formula is C17H15N3O6S. The molecule has 0 aromatic heterocycles. The van der Waals surface area contributed by atoms with Gasteiger partial charge in [-0.25, -0.2) is 0 Å². The van der Waals surface area contributed by atoms with Crippen LogP contribution in [0.5, 0.6) is 5.75 Å². The summed E-state index contributed by atoms with van der Waals surface area (Å²) in [4.78, 5) is 35.2. The van der Waals surface area contributed by atoms with E-state index in [9.17, 15) is 25.0 Å². The van der Waals surface area contributed by atoms with Crippen molar-refractivity contribution in [2.45, 2.75) is 5.37 Å². The third-order valence-electron chi connectivity index (χ3n) is 4.13. The van der Waals surface area contributed by atoms with Crippen LogP contribution in [0.3, 0.4) is 0 Å². The Kier molecular flexibility index (Phi) is 5.26. The van der Waals surface area contributed by atoms with Gasteiger partial charge in [-0.15, -0.1) is 11.8 Å². The van der Waals surface area contributed by atoms with Crippen LogP contribution in [0.1, 0.15) is 21.3 Å². The Balaban J connectivity index is 1.99. The molecule has 0 N–H and O–H groups in total. The van der Waals surface area contributed by atoms with Gasteiger partial charge in [0.2, 0.25) is 0 Å². The molecule has 0 saturated carbocycles. The Bertz CT molecular complexity index is 887. The molecular weight excluding hydrogens is 374 g/mol. The third-order valence-corrected chi connectivity index (χ3v) is 5.37. The van der Waals surface area contributed by atoms with Gasteiger partial charge in [0, 0.05) is 30.0 Å². The van der Waals surface area contributed by atoms with E-state index in [0.717, 1.165) is 23.8 Å². The number of methoxy groups -OCH3 is 1. The first-order chi connectivity index (χ1) is 12.9. The third kappa shape index (κ3) is 3.70. The molecule has 2 aromatic rings. The minimum Gasteiger partial charge on any atom is -0.496 e. The number of non-ortho nitro benzene ring substituents is 2. The number of benzene rings is 2. The molecule has 2 aromatic carbocycles. The van der Waals surface area contributed by atoms with Gasteiger partial charge < -0.3 is 9.64 Å². The molecule has 0 aliphatic carbocycles. The van der Waals surface area contributed by atoms with E-state index in [0.29, 0.717) is 18.0 Å². The minimum atomic E-state index is -0.750. The summed E-state index contributed by atoms with van der Waals surface area (Å²) in [5.74, 6) is 0.799. The van der Waals surface area contributed by atoms with Crippen LogP contribution in [0.2, 0.25) is 0 Å². The van der Waals surface area contributed by atoms with Gasteiger partial charge in [-0.1, -0.05) is 18.2 Å². The standard InChI is InChI=1S/C17H15N3O6S/c1-26-15-5-3-2-4-14(15)17-18(6-7-27-17)16(21)11-8-12(19(22)23)10-13(9-11)20(24)25/h2-5,8-10,17H,6-7H2,1H3/t17-/m0/s1. The summed E-state index contributed by atoms with van der Waals surface area (Å²) in [6.07, 6.45) is 0. The van der Waals surface area contributed by atoms with Gasteiger partial charge >= 0.3 is 0 Å². The quantitative estimate of drug-likeness (QED) is 0.568. The lowest BCUT2D eigenvalue weighted by molar-refractivity contribution is -0.394. The molecule has 9 nitrogen and oxygen atoms in total. The largest absolute Gasteiger partial charge is 0.496 e. The monoisotopic (exact) mass is 389 g/mol. The second-order valence-electron chi connectivity index (χ2n) is 5.72. The molecule has 3 rings (SSSR count). The molecule has 10 heteroatoms. The van der Waals surface area contributed by atoms with E-state index in [1.807, 2.05) is 18.2 Å². The molecule has 1 heterocycles. The fourth-order valence-electron chi connectivity index (χ4n) is 2.90. The molecule has 1 aliphatic heterocycles. The second-order valence-corrected chi connectivity index (χ2v) is 6.90. The lowest BCUT2D eigenvalue weighted by Gasteiger charge is -2.25. The number of rotatable bonds is 5. The number of carbonyl (C=O) groups is 1. The highest BCUT2D eigenvalue weighted by Gasteiger charge is 2.34. The normalized spacial score (nSPS) is 16.2. The number of ether oxygens (including phenoxy) is 1. The van der Waals surface area contributed by atoms with Crippen molar-refractivity contribution in [3.05, 3.63) is 73.8 Å². The predicted octanol–water partition coefficient (Wildman–Crippen LogP) is 3.40. The first kappa shape index (κ1) is 18.6. The molecule has 0 radical (unpaired) electrons. The van der Waals surface area contributed by atoms with Gasteiger partial charge in [-0.2, -0.15) is 0 Å². The van der Waals surface area contributed by atoms with Crippen LogP contribution in [-0.4, -0.2) is 40.1 Å². The van der Waals surface area contributed by atoms with Crippen molar-refractivity contribution in [3.63, 3.8) is 0 Å². The molecule has 1 aliphatic rings. The number of nitrogens with zero attached hydrogens (tertiary/aromatic N) is 3. The maximum absolute atomic E-state index is 13.0. The van der Waals surface area contributed by atoms with Crippen molar-refractivity contribution < 1.29 is 19.4 Å². The Hall–Kier alpha value is -3.14. The second kappa shape index (κ2) is 7.62. The summed E-state index contributed by atoms with van der Waals surface area (Å²) in [5.41, 5.74) is -0.268. The number of para-hydroxylation sites is 1. The summed E-state index contributed by atoms with van der Waals surface area (Å²) >= 11 is 1.53. The van der Waals surface area contributed by atoms with Crippen molar-refractivity contribution >= 4 is 29.0 Å². The molecule has 0 spiro atoms. The number of carbonyl (C=O) groups excluding carboxylic acids is 1. The van der Waals surface area contributed by atoms with Crippen molar-refractivity contribution in [1.82, 2.24) is 4.90 Å². The smallest absolute Gasteiger partial charge is 0.277 e. The van der Waals surface area contributed by atoms with Gasteiger partial charge in [-0.05, 0) is 6.07 Å². The maximum Gasteiger partial charge on any atom is 0.277 e. The number of nitro groups is 2. The van der Waals surface area contributed by atoms with Crippen LogP contribution in [0.4, 0.5) is 11.4 Å². The van der Waals surface area contributed by atoms with Gasteiger partial charge in [-0.3, -0.25) is 25.0 Å². The highest BCUT2D eigenvalue weighted by molar-refractivity contribution is 7.99. The summed E-state index contributed by atoms with van der Waals surface area (Å²) in [6.45, 7) is 0.419. The number of nitro benzene ring substituents is 2. The van der Waals surface area contributed by atoms with E-state index in [1.165, 1.54) is 18.9 Å². The van der Waals surface area contributed by atoms with Gasteiger partial charge in [0.15, 0.2) is 0 Å². The van der Waals surface area contributed by atoms with E-state index >= 15 is 0 Å². The Labute approximate surface area is 158 Å². The predicted molar refractivity (Wildman–Crippen MR) is 99.0 cm³/mol. The minimum absolute atomic E-state index is 0.0849. The van der Waals surface area contributed by atoms with Gasteiger partial charge in [0.1, 0.15) is 11.1 Å². The summed E-state index contributed by atoms with van der Waals surface area (Å²) < 4.78 is 5.36. The van der Waals surface area contributed by atoms with Crippen LogP contribution in [0, 0.1) is 20.2 Å². The van der Waals surface area contributed by atoms with E-state index in [4.69, 9.17) is 4.74 Å². The number of hydrogen-bond donors (Lipinski definition) is 0. The first-order valence-electron chi connectivity index (χ1n) is 7.91. The van der Waals surface area contributed by atoms with Crippen LogP contribution < -0.4 is 4.74 Å². The topological polar surface area (TPSA) is 116 Å². The molecule has 27 heavy (non-hydrogen) atoms. The number of hydrogen-bond acceptors (Lipinski definition) is 7. The lowest BCUT2D eigenvalue weighted by Crippen LogP contribution is -2.30. The van der Waals surface area contributed by atoms with E-state index < -0.39 is 27.1 Å². The highest BCUT2D eigenvalue weighted by atomic mass is 32.2. The van der Waals surface area contributed by atoms with E-state index in [-0.39, 0.29) is 10.9 Å². The molecule has 0 bridgehead atoms. The Morgan fingerprint density at radius 1 is 1.15 bits per heavy atom. The van der Waals surface area contributed by atoms with Crippen LogP contribution in [0.25, 0.3) is 0 Å². The summed E-state index contributed by atoms with van der Waals surface area (Å²) in [5, 5.41) is 21.8. The zero-order valence-corrected chi connectivity index (χ0v) is 15.0. The molecule has 1 fully saturated rings. The van der Waals surface area contributed by atoms with Gasteiger partial charge in [0.25, 0.3) is 17.3 Å². The lowest BCUT2D eigenvalue weighted by atomic mass is 10.1. The zero-order chi connectivity index (χ0) is 19.6. The number of thioether (sulfide) groups is 1. The SMILES string of the molecule is COc1ccccc1[C@@H]1SCCN1C(=O)c1cc([N+](=O)[O-])cc([N+](=O)[O-])c1.